The first-order valence-corrected chi connectivity index (χ1v) is 21.0. The Hall–Kier alpha value is -7.27. The van der Waals surface area contributed by atoms with Gasteiger partial charge in [-0.15, -0.1) is 0 Å². The van der Waals surface area contributed by atoms with E-state index in [1.807, 2.05) is 56.1 Å². The highest BCUT2D eigenvalue weighted by molar-refractivity contribution is 6.20. The molecule has 0 saturated heterocycles. The zero-order chi connectivity index (χ0) is 42.9. The third-order valence-corrected chi connectivity index (χ3v) is 11.7. The third-order valence-electron chi connectivity index (χ3n) is 11.7. The van der Waals surface area contributed by atoms with E-state index in [9.17, 15) is 0 Å². The average Bonchev–Trinajstić information content (AvgIpc) is 4.03. The van der Waals surface area contributed by atoms with Crippen LogP contribution in [0.4, 0.5) is 11.4 Å². The lowest BCUT2D eigenvalue weighted by Crippen LogP contribution is -2.21. The quantitative estimate of drug-likeness (QED) is 0.149. The van der Waals surface area contributed by atoms with Gasteiger partial charge in [0.15, 0.2) is 0 Å². The molecule has 11 nitrogen and oxygen atoms in total. The molecule has 8 aromatic rings. The normalized spacial score (nSPS) is 14.4. The molecule has 0 atom stereocenters. The van der Waals surface area contributed by atoms with E-state index in [4.69, 9.17) is 19.4 Å². The molecule has 312 valence electrons. The number of rotatable bonds is 8. The van der Waals surface area contributed by atoms with Gasteiger partial charge < -0.3 is 29.1 Å². The molecular formula is C51H51N9O2. The van der Waals surface area contributed by atoms with Crippen molar-refractivity contribution in [3.05, 3.63) is 152 Å². The highest BCUT2D eigenvalue weighted by Gasteiger charge is 2.26. The molecule has 62 heavy (non-hydrogen) atoms. The molecule has 3 aromatic carbocycles. The predicted molar refractivity (Wildman–Crippen MR) is 250 cm³/mol. The fourth-order valence-corrected chi connectivity index (χ4v) is 8.37. The fourth-order valence-electron chi connectivity index (χ4n) is 8.37. The Kier molecular flexibility index (Phi) is 9.24. The van der Waals surface area contributed by atoms with Gasteiger partial charge in [-0.2, -0.15) is 0 Å². The summed E-state index contributed by atoms with van der Waals surface area (Å²) >= 11 is 0. The minimum atomic E-state index is -0.0960. The van der Waals surface area contributed by atoms with Crippen molar-refractivity contribution in [3.8, 4) is 34.6 Å². The van der Waals surface area contributed by atoms with Gasteiger partial charge >= 0.3 is 0 Å². The molecule has 10 rings (SSSR count). The van der Waals surface area contributed by atoms with Gasteiger partial charge in [0, 0.05) is 92.0 Å². The van der Waals surface area contributed by atoms with Gasteiger partial charge in [-0.25, -0.2) is 9.97 Å². The van der Waals surface area contributed by atoms with Gasteiger partial charge in [-0.3, -0.25) is 14.1 Å². The van der Waals surface area contributed by atoms with Crippen LogP contribution < -0.4 is 19.3 Å². The summed E-state index contributed by atoms with van der Waals surface area (Å²) in [7, 11) is 4.12. The third kappa shape index (κ3) is 7.12. The van der Waals surface area contributed by atoms with Crippen molar-refractivity contribution in [2.24, 2.45) is 0 Å². The van der Waals surface area contributed by atoms with E-state index in [1.54, 1.807) is 6.20 Å². The molecule has 0 N–H and O–H groups in total. The maximum absolute atomic E-state index is 6.68. The van der Waals surface area contributed by atoms with E-state index >= 15 is 0 Å². The molecular weight excluding hydrogens is 771 g/mol. The molecule has 0 aliphatic carbocycles. The number of fused-ring (bicyclic) bond motifs is 5. The summed E-state index contributed by atoms with van der Waals surface area (Å²) in [4.78, 5) is 23.3. The maximum atomic E-state index is 6.68. The summed E-state index contributed by atoms with van der Waals surface area (Å²) < 4.78 is 17.9. The summed E-state index contributed by atoms with van der Waals surface area (Å²) in [6.45, 7) is 14.9. The van der Waals surface area contributed by atoms with Crippen LogP contribution in [-0.4, -0.2) is 61.3 Å². The maximum Gasteiger partial charge on any atom is 0.147 e. The van der Waals surface area contributed by atoms with Crippen LogP contribution in [-0.2, 0) is 10.8 Å². The molecule has 0 fully saturated rings. The number of pyridine rings is 3. The van der Waals surface area contributed by atoms with Crippen molar-refractivity contribution in [2.45, 2.75) is 52.4 Å². The van der Waals surface area contributed by atoms with Gasteiger partial charge in [0.05, 0.1) is 53.5 Å². The Morgan fingerprint density at radius 1 is 0.500 bits per heavy atom. The largest absolute Gasteiger partial charge is 0.457 e. The Morgan fingerprint density at radius 2 is 1.00 bits per heavy atom. The lowest BCUT2D eigenvalue weighted by atomic mass is 9.88. The molecule has 0 unspecified atom stereocenters. The molecule has 0 spiro atoms. The van der Waals surface area contributed by atoms with Crippen LogP contribution in [0.15, 0.2) is 141 Å². The van der Waals surface area contributed by atoms with Crippen molar-refractivity contribution in [1.82, 2.24) is 33.9 Å². The first kappa shape index (κ1) is 38.9. The minimum Gasteiger partial charge on any atom is -0.457 e. The van der Waals surface area contributed by atoms with Crippen molar-refractivity contribution < 1.29 is 9.47 Å². The van der Waals surface area contributed by atoms with Crippen LogP contribution in [0, 0.1) is 0 Å². The molecule has 2 aliphatic rings. The fraction of sp³-hybridized carbons (Fsp3) is 0.235. The molecule has 0 saturated carbocycles. The van der Waals surface area contributed by atoms with Crippen LogP contribution in [0.5, 0.6) is 23.0 Å². The van der Waals surface area contributed by atoms with Gasteiger partial charge in [0.25, 0.3) is 0 Å². The number of hydrogen-bond donors (Lipinski definition) is 0. The van der Waals surface area contributed by atoms with Crippen molar-refractivity contribution >= 4 is 44.2 Å². The summed E-state index contributed by atoms with van der Waals surface area (Å²) in [5, 5.41) is 2.07. The van der Waals surface area contributed by atoms with Crippen LogP contribution >= 0.6 is 0 Å². The van der Waals surface area contributed by atoms with Crippen LogP contribution in [0.1, 0.15) is 52.7 Å². The van der Waals surface area contributed by atoms with Crippen molar-refractivity contribution in [2.75, 3.05) is 37.2 Å². The number of nitrogens with zero attached hydrogens (tertiary/aromatic N) is 9. The van der Waals surface area contributed by atoms with E-state index in [-0.39, 0.29) is 10.8 Å². The van der Waals surface area contributed by atoms with E-state index in [0.717, 1.165) is 80.7 Å². The number of hydrogen-bond acceptors (Lipinski definition) is 9. The van der Waals surface area contributed by atoms with Gasteiger partial charge in [0.2, 0.25) is 0 Å². The van der Waals surface area contributed by atoms with Crippen LogP contribution in [0.2, 0.25) is 0 Å². The summed E-state index contributed by atoms with van der Waals surface area (Å²) in [5.74, 6) is 4.47. The van der Waals surface area contributed by atoms with Crippen LogP contribution in [0.25, 0.3) is 44.5 Å². The van der Waals surface area contributed by atoms with Crippen molar-refractivity contribution in [3.63, 3.8) is 0 Å². The predicted octanol–water partition coefficient (Wildman–Crippen LogP) is 11.5. The Balaban J connectivity index is 1.18. The van der Waals surface area contributed by atoms with E-state index in [2.05, 4.69) is 168 Å². The molecule has 2 aliphatic heterocycles. The molecule has 5 aromatic heterocycles. The van der Waals surface area contributed by atoms with Gasteiger partial charge in [0.1, 0.15) is 34.6 Å². The smallest absolute Gasteiger partial charge is 0.147 e. The second kappa shape index (κ2) is 14.7. The SMILES string of the molecule is CN1C=CN(c2cccc(Oc3ccc4c(c3)n(-c3cc(C(C)(C)C)ccn3)c3c5ccc(Oc6cncc(N7C=CN(C)C7)c6)cc5n(-c5cc(C(C)(C)C)ccn5)c43)c2)C1. The van der Waals surface area contributed by atoms with E-state index in [1.165, 1.54) is 11.1 Å². The summed E-state index contributed by atoms with van der Waals surface area (Å²) in [6.07, 6.45) is 15.7. The topological polar surface area (TPSA) is 80.0 Å². The monoisotopic (exact) mass is 821 g/mol. The van der Waals surface area contributed by atoms with Crippen LogP contribution in [0.3, 0.4) is 0 Å². The molecule has 0 radical (unpaired) electrons. The zero-order valence-electron chi connectivity index (χ0n) is 36.5. The molecule has 7 heterocycles. The molecule has 11 heteroatoms. The second-order valence-corrected chi connectivity index (χ2v) is 18.4. The minimum absolute atomic E-state index is 0.0942. The standard InChI is InChI=1S/C51H51N9O2/c1-50(2,3)34-16-18-53-46(24-34)59-44-28-39(61-38-11-9-10-36(26-38)57-22-20-55(7)32-57)12-14-42(44)48-49(59)43-15-13-40(62-41-27-37(30-52-31-41)58-23-21-56(8)33-58)29-45(43)60(48)47-25-35(17-19-54-47)51(4,5)6/h9-31H,32-33H2,1-8H3. The highest BCUT2D eigenvalue weighted by Crippen LogP contribution is 2.44. The van der Waals surface area contributed by atoms with Crippen molar-refractivity contribution in [1.29, 1.82) is 0 Å². The Labute approximate surface area is 362 Å². The summed E-state index contributed by atoms with van der Waals surface area (Å²) in [6, 6.07) is 31.6. The first-order chi connectivity index (χ1) is 29.8. The van der Waals surface area contributed by atoms with E-state index in [0.29, 0.717) is 11.5 Å². The Bertz CT molecular complexity index is 2870. The van der Waals surface area contributed by atoms with E-state index < -0.39 is 0 Å². The zero-order valence-corrected chi connectivity index (χ0v) is 36.5. The lowest BCUT2D eigenvalue weighted by molar-refractivity contribution is 0.479. The lowest BCUT2D eigenvalue weighted by Gasteiger charge is -2.20. The molecule has 0 bridgehead atoms. The molecule has 0 amide bonds. The Morgan fingerprint density at radius 3 is 1.52 bits per heavy atom. The van der Waals surface area contributed by atoms with Gasteiger partial charge in [-0.05, 0) is 82.6 Å². The summed E-state index contributed by atoms with van der Waals surface area (Å²) in [5.41, 5.74) is 8.17. The number of aromatic nitrogens is 5. The number of benzene rings is 3. The second-order valence-electron chi connectivity index (χ2n) is 18.4. The number of ether oxygens (including phenoxy) is 2. The first-order valence-electron chi connectivity index (χ1n) is 21.0. The highest BCUT2D eigenvalue weighted by atomic mass is 16.5. The van der Waals surface area contributed by atoms with Gasteiger partial charge in [-0.1, -0.05) is 47.6 Å². The average molecular weight is 822 g/mol. The number of anilines is 2.